The van der Waals surface area contributed by atoms with E-state index < -0.39 is 10.0 Å². The first-order valence-electron chi connectivity index (χ1n) is 10.3. The number of H-pyrrole nitrogens is 1. The molecule has 5 nitrogen and oxygen atoms in total. The molecule has 0 amide bonds. The molecule has 5 rings (SSSR count). The SMILES string of the molecule is Cc1ccc(S(=O)(=O)N(c2n[nH]c3c2C=CC(C)(c2ccccc2)C3)C2CC2)cc1. The lowest BCUT2D eigenvalue weighted by atomic mass is 9.75. The van der Waals surface area contributed by atoms with Gasteiger partial charge in [0.15, 0.2) is 5.82 Å². The largest absolute Gasteiger partial charge is 0.280 e. The Balaban J connectivity index is 1.54. The molecule has 1 atom stereocenters. The smallest absolute Gasteiger partial charge is 0.265 e. The van der Waals surface area contributed by atoms with Crippen LogP contribution in [0.25, 0.3) is 6.08 Å². The van der Waals surface area contributed by atoms with Crippen LogP contribution in [0.2, 0.25) is 0 Å². The molecule has 154 valence electrons. The van der Waals surface area contributed by atoms with Crippen molar-refractivity contribution >= 4 is 21.9 Å². The predicted molar refractivity (Wildman–Crippen MR) is 119 cm³/mol. The van der Waals surface area contributed by atoms with Gasteiger partial charge in [-0.2, -0.15) is 5.10 Å². The highest BCUT2D eigenvalue weighted by atomic mass is 32.2. The molecule has 0 spiro atoms. The van der Waals surface area contributed by atoms with Gasteiger partial charge in [-0.25, -0.2) is 12.7 Å². The van der Waals surface area contributed by atoms with E-state index in [1.54, 1.807) is 12.1 Å². The quantitative estimate of drug-likeness (QED) is 0.657. The van der Waals surface area contributed by atoms with Crippen molar-refractivity contribution in [3.05, 3.63) is 83.1 Å². The van der Waals surface area contributed by atoms with E-state index in [0.717, 1.165) is 36.1 Å². The summed E-state index contributed by atoms with van der Waals surface area (Å²) in [6.07, 6.45) is 6.67. The Kier molecular flexibility index (Phi) is 4.36. The Hall–Kier alpha value is -2.86. The summed E-state index contributed by atoms with van der Waals surface area (Å²) in [5.74, 6) is 0.513. The number of hydrogen-bond acceptors (Lipinski definition) is 3. The average molecular weight is 420 g/mol. The monoisotopic (exact) mass is 419 g/mol. The summed E-state index contributed by atoms with van der Waals surface area (Å²) in [6.45, 7) is 4.15. The standard InChI is InChI=1S/C24H25N3O2S/c1-17-8-12-20(13-9-17)30(28,29)27(19-10-11-19)23-21-14-15-24(2,16-22(21)25-26-23)18-6-4-3-5-7-18/h3-9,12-15,19H,10-11,16H2,1-2H3,(H,25,26). The fraction of sp³-hybridized carbons (Fsp3) is 0.292. The Bertz CT molecular complexity index is 1210. The molecule has 2 aliphatic rings. The number of aromatic amines is 1. The van der Waals surface area contributed by atoms with Crippen LogP contribution in [-0.2, 0) is 21.9 Å². The second-order valence-corrected chi connectivity index (χ2v) is 10.4. The summed E-state index contributed by atoms with van der Waals surface area (Å²) >= 11 is 0. The fourth-order valence-electron chi connectivity index (χ4n) is 4.18. The van der Waals surface area contributed by atoms with Crippen LogP contribution in [0.15, 0.2) is 65.6 Å². The van der Waals surface area contributed by atoms with Gasteiger partial charge in [-0.05, 0) is 37.5 Å². The maximum Gasteiger partial charge on any atom is 0.265 e. The van der Waals surface area contributed by atoms with Gasteiger partial charge in [-0.3, -0.25) is 5.10 Å². The number of rotatable bonds is 5. The zero-order valence-corrected chi connectivity index (χ0v) is 18.0. The molecule has 0 aliphatic heterocycles. The van der Waals surface area contributed by atoms with Crippen LogP contribution in [0.1, 0.15) is 42.1 Å². The van der Waals surface area contributed by atoms with Crippen LogP contribution in [0, 0.1) is 6.92 Å². The maximum atomic E-state index is 13.5. The second kappa shape index (κ2) is 6.84. The summed E-state index contributed by atoms with van der Waals surface area (Å²) in [4.78, 5) is 0.311. The average Bonchev–Trinajstić information content (AvgIpc) is 3.49. The van der Waals surface area contributed by atoms with Crippen LogP contribution in [0.5, 0.6) is 0 Å². The summed E-state index contributed by atoms with van der Waals surface area (Å²) in [6, 6.07) is 17.4. The number of fused-ring (bicyclic) bond motifs is 1. The number of aromatic nitrogens is 2. The summed E-state index contributed by atoms with van der Waals surface area (Å²) in [5, 5.41) is 7.64. The minimum Gasteiger partial charge on any atom is -0.280 e. The summed E-state index contributed by atoms with van der Waals surface area (Å²) in [5.41, 5.74) is 3.97. The summed E-state index contributed by atoms with van der Waals surface area (Å²) < 4.78 is 28.5. The van der Waals surface area contributed by atoms with Crippen LogP contribution in [0.4, 0.5) is 5.82 Å². The van der Waals surface area contributed by atoms with E-state index in [1.807, 2.05) is 43.3 Å². The molecule has 1 N–H and O–H groups in total. The van der Waals surface area contributed by atoms with Crippen LogP contribution < -0.4 is 4.31 Å². The highest BCUT2D eigenvalue weighted by Crippen LogP contribution is 2.42. The Morgan fingerprint density at radius 3 is 2.43 bits per heavy atom. The van der Waals surface area contributed by atoms with Gasteiger partial charge in [0.25, 0.3) is 10.0 Å². The van der Waals surface area contributed by atoms with Crippen molar-refractivity contribution in [1.29, 1.82) is 0 Å². The van der Waals surface area contributed by atoms with E-state index in [0.29, 0.717) is 10.7 Å². The molecule has 2 aromatic carbocycles. The molecule has 30 heavy (non-hydrogen) atoms. The van der Waals surface area contributed by atoms with Crippen molar-refractivity contribution in [1.82, 2.24) is 10.2 Å². The Labute approximate surface area is 177 Å². The van der Waals surface area contributed by atoms with Crippen molar-refractivity contribution in [2.24, 2.45) is 0 Å². The first-order valence-corrected chi connectivity index (χ1v) is 11.8. The van der Waals surface area contributed by atoms with E-state index >= 15 is 0 Å². The third-order valence-corrected chi connectivity index (χ3v) is 7.98. The molecule has 1 unspecified atom stereocenters. The van der Waals surface area contributed by atoms with Gasteiger partial charge in [0.1, 0.15) is 0 Å². The van der Waals surface area contributed by atoms with E-state index in [4.69, 9.17) is 0 Å². The molecule has 6 heteroatoms. The molecule has 0 saturated heterocycles. The van der Waals surface area contributed by atoms with Gasteiger partial charge in [0.2, 0.25) is 0 Å². The van der Waals surface area contributed by atoms with Crippen molar-refractivity contribution in [3.63, 3.8) is 0 Å². The minimum atomic E-state index is -3.67. The number of nitrogens with zero attached hydrogens (tertiary/aromatic N) is 2. The fourth-order valence-corrected chi connectivity index (χ4v) is 5.86. The molecule has 0 bridgehead atoms. The molecule has 2 aliphatic carbocycles. The zero-order chi connectivity index (χ0) is 20.9. The van der Waals surface area contributed by atoms with Crippen molar-refractivity contribution in [2.75, 3.05) is 4.31 Å². The lowest BCUT2D eigenvalue weighted by molar-refractivity contribution is 0.577. The molecular weight excluding hydrogens is 394 g/mol. The Morgan fingerprint density at radius 2 is 1.77 bits per heavy atom. The number of aryl methyl sites for hydroxylation is 1. The lowest BCUT2D eigenvalue weighted by Crippen LogP contribution is -2.34. The van der Waals surface area contributed by atoms with Gasteiger partial charge in [-0.1, -0.05) is 67.1 Å². The molecule has 1 aromatic heterocycles. The Morgan fingerprint density at radius 1 is 1.07 bits per heavy atom. The first kappa shape index (κ1) is 19.1. The number of benzene rings is 2. The lowest BCUT2D eigenvalue weighted by Gasteiger charge is -2.30. The van der Waals surface area contributed by atoms with E-state index in [9.17, 15) is 8.42 Å². The minimum absolute atomic E-state index is 0.0282. The van der Waals surface area contributed by atoms with Crippen LogP contribution >= 0.6 is 0 Å². The number of allylic oxidation sites excluding steroid dienone is 1. The second-order valence-electron chi connectivity index (χ2n) is 8.58. The van der Waals surface area contributed by atoms with Gasteiger partial charge in [0.05, 0.1) is 4.90 Å². The van der Waals surface area contributed by atoms with E-state index in [2.05, 4.69) is 35.3 Å². The molecule has 0 radical (unpaired) electrons. The number of hydrogen-bond donors (Lipinski definition) is 1. The zero-order valence-electron chi connectivity index (χ0n) is 17.2. The van der Waals surface area contributed by atoms with Crippen LogP contribution in [0.3, 0.4) is 0 Å². The number of sulfonamides is 1. The molecular formula is C24H25N3O2S. The van der Waals surface area contributed by atoms with Crippen molar-refractivity contribution in [2.45, 2.75) is 49.5 Å². The number of nitrogens with one attached hydrogen (secondary N) is 1. The predicted octanol–water partition coefficient (Wildman–Crippen LogP) is 4.60. The maximum absolute atomic E-state index is 13.5. The van der Waals surface area contributed by atoms with Crippen molar-refractivity contribution in [3.8, 4) is 0 Å². The summed E-state index contributed by atoms with van der Waals surface area (Å²) in [7, 11) is -3.67. The molecule has 1 saturated carbocycles. The van der Waals surface area contributed by atoms with Gasteiger partial charge < -0.3 is 0 Å². The van der Waals surface area contributed by atoms with Crippen LogP contribution in [-0.4, -0.2) is 24.7 Å². The van der Waals surface area contributed by atoms with Crippen molar-refractivity contribution < 1.29 is 8.42 Å². The third-order valence-electron chi connectivity index (χ3n) is 6.12. The third kappa shape index (κ3) is 3.16. The topological polar surface area (TPSA) is 66.1 Å². The molecule has 1 fully saturated rings. The highest BCUT2D eigenvalue weighted by Gasteiger charge is 2.42. The molecule has 3 aromatic rings. The van der Waals surface area contributed by atoms with E-state index in [1.165, 1.54) is 9.87 Å². The number of anilines is 1. The van der Waals surface area contributed by atoms with E-state index in [-0.39, 0.29) is 11.5 Å². The highest BCUT2D eigenvalue weighted by molar-refractivity contribution is 7.92. The van der Waals surface area contributed by atoms with Gasteiger partial charge >= 0.3 is 0 Å². The van der Waals surface area contributed by atoms with Gasteiger partial charge in [-0.15, -0.1) is 0 Å². The normalized spacial score (nSPS) is 20.7. The molecule has 1 heterocycles. The van der Waals surface area contributed by atoms with Gasteiger partial charge in [0, 0.05) is 29.1 Å². The first-order chi connectivity index (χ1) is 14.4.